The van der Waals surface area contributed by atoms with Crippen LogP contribution in [0.2, 0.25) is 5.02 Å². The van der Waals surface area contributed by atoms with Crippen LogP contribution in [0, 0.1) is 0 Å². The summed E-state index contributed by atoms with van der Waals surface area (Å²) in [6.45, 7) is 0. The summed E-state index contributed by atoms with van der Waals surface area (Å²) in [5, 5.41) is 0.327. The standard InChI is InChI=1S/C13H13ClO5/c1-17-11-7-9(14)12(18-2)6-8(11)10(15)4-5-13(16)19-3/h4-7H,1-3H3/b5-4+. The van der Waals surface area contributed by atoms with Crippen LogP contribution in [-0.2, 0) is 9.53 Å². The first kappa shape index (κ1) is 15.0. The Morgan fingerprint density at radius 2 is 1.68 bits per heavy atom. The zero-order valence-electron chi connectivity index (χ0n) is 10.7. The summed E-state index contributed by atoms with van der Waals surface area (Å²) in [4.78, 5) is 22.9. The smallest absolute Gasteiger partial charge is 0.330 e. The monoisotopic (exact) mass is 284 g/mol. The van der Waals surface area contributed by atoms with Crippen molar-refractivity contribution in [2.24, 2.45) is 0 Å². The first-order chi connectivity index (χ1) is 9.03. The number of ketones is 1. The molecule has 0 aliphatic rings. The molecule has 5 nitrogen and oxygen atoms in total. The number of carbonyl (C=O) groups excluding carboxylic acids is 2. The van der Waals surface area contributed by atoms with Crippen LogP contribution in [0.5, 0.6) is 11.5 Å². The number of hydrogen-bond donors (Lipinski definition) is 0. The summed E-state index contributed by atoms with van der Waals surface area (Å²) < 4.78 is 14.5. The predicted octanol–water partition coefficient (Wildman–Crippen LogP) is 2.27. The van der Waals surface area contributed by atoms with Gasteiger partial charge in [0.25, 0.3) is 0 Å². The van der Waals surface area contributed by atoms with Gasteiger partial charge in [-0.2, -0.15) is 0 Å². The van der Waals surface area contributed by atoms with Gasteiger partial charge in [-0.15, -0.1) is 0 Å². The maximum atomic E-state index is 12.0. The van der Waals surface area contributed by atoms with Crippen LogP contribution in [0.1, 0.15) is 10.4 Å². The van der Waals surface area contributed by atoms with Crippen molar-refractivity contribution < 1.29 is 23.8 Å². The SMILES string of the molecule is COC(=O)/C=C/C(=O)c1cc(OC)c(Cl)cc1OC. The second-order valence-corrected chi connectivity index (χ2v) is 3.81. The summed E-state index contributed by atoms with van der Waals surface area (Å²) in [6, 6.07) is 2.92. The summed E-state index contributed by atoms with van der Waals surface area (Å²) in [5.74, 6) is -0.395. The molecule has 0 N–H and O–H groups in total. The predicted molar refractivity (Wildman–Crippen MR) is 70.0 cm³/mol. The normalized spacial score (nSPS) is 10.3. The minimum Gasteiger partial charge on any atom is -0.496 e. The quantitative estimate of drug-likeness (QED) is 0.471. The highest BCUT2D eigenvalue weighted by molar-refractivity contribution is 6.32. The molecule has 1 rings (SSSR count). The topological polar surface area (TPSA) is 61.8 Å². The molecule has 0 spiro atoms. The van der Waals surface area contributed by atoms with Gasteiger partial charge < -0.3 is 14.2 Å². The van der Waals surface area contributed by atoms with Crippen molar-refractivity contribution in [2.45, 2.75) is 0 Å². The second-order valence-electron chi connectivity index (χ2n) is 3.41. The minimum atomic E-state index is -0.617. The zero-order valence-corrected chi connectivity index (χ0v) is 11.5. The van der Waals surface area contributed by atoms with E-state index in [2.05, 4.69) is 4.74 Å². The van der Waals surface area contributed by atoms with Crippen LogP contribution < -0.4 is 9.47 Å². The van der Waals surface area contributed by atoms with E-state index in [4.69, 9.17) is 21.1 Å². The molecular formula is C13H13ClO5. The molecule has 0 saturated carbocycles. The van der Waals surface area contributed by atoms with E-state index in [1.165, 1.54) is 33.5 Å². The molecule has 1 aromatic rings. The molecule has 0 amide bonds. The number of ether oxygens (including phenoxy) is 3. The summed E-state index contributed by atoms with van der Waals surface area (Å²) in [5.41, 5.74) is 0.240. The van der Waals surface area contributed by atoms with Gasteiger partial charge in [-0.05, 0) is 12.1 Å². The van der Waals surface area contributed by atoms with E-state index in [0.717, 1.165) is 12.2 Å². The van der Waals surface area contributed by atoms with E-state index in [1.807, 2.05) is 0 Å². The average molecular weight is 285 g/mol. The molecule has 1 aromatic carbocycles. The van der Waals surface area contributed by atoms with E-state index < -0.39 is 11.8 Å². The number of halogens is 1. The zero-order chi connectivity index (χ0) is 14.4. The lowest BCUT2D eigenvalue weighted by atomic mass is 10.1. The fourth-order valence-electron chi connectivity index (χ4n) is 1.35. The Hall–Kier alpha value is -2.01. The highest BCUT2D eigenvalue weighted by Gasteiger charge is 2.14. The van der Waals surface area contributed by atoms with Crippen molar-refractivity contribution in [3.05, 3.63) is 34.9 Å². The Balaban J connectivity index is 3.14. The Labute approximate surface area is 115 Å². The van der Waals surface area contributed by atoms with Gasteiger partial charge in [0.05, 0.1) is 31.9 Å². The van der Waals surface area contributed by atoms with Crippen LogP contribution in [0.15, 0.2) is 24.3 Å². The van der Waals surface area contributed by atoms with E-state index in [1.54, 1.807) is 0 Å². The number of rotatable bonds is 5. The molecule has 0 saturated heterocycles. The number of benzene rings is 1. The summed E-state index contributed by atoms with van der Waals surface area (Å²) >= 11 is 5.93. The minimum absolute atomic E-state index is 0.240. The third-order valence-corrected chi connectivity index (χ3v) is 2.61. The lowest BCUT2D eigenvalue weighted by Gasteiger charge is -2.09. The molecule has 0 bridgehead atoms. The Morgan fingerprint density at radius 1 is 1.05 bits per heavy atom. The second kappa shape index (κ2) is 6.80. The van der Waals surface area contributed by atoms with Gasteiger partial charge in [-0.1, -0.05) is 11.6 Å². The van der Waals surface area contributed by atoms with Crippen molar-refractivity contribution in [3.8, 4) is 11.5 Å². The molecule has 6 heteroatoms. The van der Waals surface area contributed by atoms with Crippen molar-refractivity contribution in [2.75, 3.05) is 21.3 Å². The maximum absolute atomic E-state index is 12.0. The molecule has 0 heterocycles. The fraction of sp³-hybridized carbons (Fsp3) is 0.231. The molecule has 0 fully saturated rings. The maximum Gasteiger partial charge on any atom is 0.330 e. The van der Waals surface area contributed by atoms with Crippen LogP contribution in [-0.4, -0.2) is 33.1 Å². The first-order valence-corrected chi connectivity index (χ1v) is 5.63. The molecule has 0 aliphatic heterocycles. The Morgan fingerprint density at radius 3 is 2.21 bits per heavy atom. The van der Waals surface area contributed by atoms with E-state index >= 15 is 0 Å². The molecule has 19 heavy (non-hydrogen) atoms. The number of hydrogen-bond acceptors (Lipinski definition) is 5. The van der Waals surface area contributed by atoms with Crippen LogP contribution in [0.4, 0.5) is 0 Å². The van der Waals surface area contributed by atoms with E-state index in [-0.39, 0.29) is 5.56 Å². The fourth-order valence-corrected chi connectivity index (χ4v) is 1.59. The highest BCUT2D eigenvalue weighted by atomic mass is 35.5. The molecule has 0 atom stereocenters. The van der Waals surface area contributed by atoms with E-state index in [0.29, 0.717) is 16.5 Å². The van der Waals surface area contributed by atoms with Crippen molar-refractivity contribution >= 4 is 23.4 Å². The number of allylic oxidation sites excluding steroid dienone is 1. The molecule has 0 aliphatic carbocycles. The first-order valence-electron chi connectivity index (χ1n) is 5.25. The molecule has 0 unspecified atom stereocenters. The van der Waals surface area contributed by atoms with Crippen LogP contribution >= 0.6 is 11.6 Å². The third-order valence-electron chi connectivity index (χ3n) is 2.31. The molecule has 0 radical (unpaired) electrons. The van der Waals surface area contributed by atoms with Crippen molar-refractivity contribution in [1.82, 2.24) is 0 Å². The van der Waals surface area contributed by atoms with Gasteiger partial charge in [0.1, 0.15) is 11.5 Å². The Bertz CT molecular complexity index is 522. The van der Waals surface area contributed by atoms with Crippen LogP contribution in [0.3, 0.4) is 0 Å². The molecule has 102 valence electrons. The summed E-state index contributed by atoms with van der Waals surface area (Å²) in [6.07, 6.45) is 2.12. The highest BCUT2D eigenvalue weighted by Crippen LogP contribution is 2.32. The van der Waals surface area contributed by atoms with Gasteiger partial charge in [-0.3, -0.25) is 4.79 Å². The lowest BCUT2D eigenvalue weighted by Crippen LogP contribution is -2.02. The van der Waals surface area contributed by atoms with Gasteiger partial charge >= 0.3 is 5.97 Å². The van der Waals surface area contributed by atoms with Gasteiger partial charge in [0.2, 0.25) is 0 Å². The third kappa shape index (κ3) is 3.72. The average Bonchev–Trinajstić information content (AvgIpc) is 2.43. The van der Waals surface area contributed by atoms with Gasteiger partial charge in [0, 0.05) is 12.1 Å². The molecular weight excluding hydrogens is 272 g/mol. The number of esters is 1. The van der Waals surface area contributed by atoms with Crippen molar-refractivity contribution in [1.29, 1.82) is 0 Å². The van der Waals surface area contributed by atoms with Crippen molar-refractivity contribution in [3.63, 3.8) is 0 Å². The van der Waals surface area contributed by atoms with Crippen LogP contribution in [0.25, 0.3) is 0 Å². The Kier molecular flexibility index (Phi) is 5.38. The lowest BCUT2D eigenvalue weighted by molar-refractivity contribution is -0.134. The number of carbonyl (C=O) groups is 2. The number of methoxy groups -OCH3 is 3. The van der Waals surface area contributed by atoms with Gasteiger partial charge in [0.15, 0.2) is 5.78 Å². The van der Waals surface area contributed by atoms with E-state index in [9.17, 15) is 9.59 Å². The summed E-state index contributed by atoms with van der Waals surface area (Å²) in [7, 11) is 4.08. The largest absolute Gasteiger partial charge is 0.496 e. The van der Waals surface area contributed by atoms with Gasteiger partial charge in [-0.25, -0.2) is 4.79 Å². The molecule has 0 aromatic heterocycles.